The van der Waals surface area contributed by atoms with Gasteiger partial charge in [0, 0.05) is 31.4 Å². The van der Waals surface area contributed by atoms with Crippen molar-refractivity contribution in [3.63, 3.8) is 0 Å². The highest BCUT2D eigenvalue weighted by Crippen LogP contribution is 2.24. The van der Waals surface area contributed by atoms with Crippen LogP contribution in [-0.4, -0.2) is 27.9 Å². The fraction of sp³-hybridized carbons (Fsp3) is 0.667. The molecule has 1 aliphatic rings. The van der Waals surface area contributed by atoms with E-state index in [1.165, 1.54) is 32.1 Å². The van der Waals surface area contributed by atoms with Gasteiger partial charge in [0.05, 0.1) is 6.61 Å². The van der Waals surface area contributed by atoms with Crippen LogP contribution in [0.15, 0.2) is 17.1 Å². The molecule has 3 N–H and O–H groups in total. The van der Waals surface area contributed by atoms with Crippen molar-refractivity contribution in [2.75, 3.05) is 13.2 Å². The molecule has 1 aromatic heterocycles. The molecule has 0 spiro atoms. The van der Waals surface area contributed by atoms with Crippen LogP contribution in [0.25, 0.3) is 0 Å². The van der Waals surface area contributed by atoms with E-state index in [0.29, 0.717) is 31.1 Å². The molecule has 0 atom stereocenters. The van der Waals surface area contributed by atoms with Gasteiger partial charge in [-0.3, -0.25) is 4.79 Å². The molecular formula is C15H24N2O3. The molecular weight excluding hydrogens is 256 g/mol. The van der Waals surface area contributed by atoms with Crippen molar-refractivity contribution in [2.24, 2.45) is 5.92 Å². The summed E-state index contributed by atoms with van der Waals surface area (Å²) in [5, 5.41) is 21.6. The summed E-state index contributed by atoms with van der Waals surface area (Å²) in [5.74, 6) is 0.382. The maximum absolute atomic E-state index is 12.1. The van der Waals surface area contributed by atoms with Gasteiger partial charge in [0.1, 0.15) is 0 Å². The number of nitrogens with one attached hydrogen (secondary N) is 1. The van der Waals surface area contributed by atoms with Crippen LogP contribution >= 0.6 is 0 Å². The van der Waals surface area contributed by atoms with Gasteiger partial charge in [0.25, 0.3) is 5.56 Å². The largest absolute Gasteiger partial charge is 0.503 e. The van der Waals surface area contributed by atoms with Gasteiger partial charge < -0.3 is 20.1 Å². The van der Waals surface area contributed by atoms with Gasteiger partial charge in [-0.1, -0.05) is 19.3 Å². The van der Waals surface area contributed by atoms with Crippen molar-refractivity contribution >= 4 is 0 Å². The molecule has 5 heteroatoms. The van der Waals surface area contributed by atoms with E-state index < -0.39 is 0 Å². The van der Waals surface area contributed by atoms with E-state index in [1.54, 1.807) is 16.8 Å². The van der Waals surface area contributed by atoms with Crippen LogP contribution in [0.4, 0.5) is 0 Å². The number of hydrogen-bond donors (Lipinski definition) is 3. The predicted molar refractivity (Wildman–Crippen MR) is 77.7 cm³/mol. The summed E-state index contributed by atoms with van der Waals surface area (Å²) in [6.45, 7) is 1.59. The second kappa shape index (κ2) is 7.45. The molecule has 0 aromatic carbocycles. The van der Waals surface area contributed by atoms with Gasteiger partial charge in [0.15, 0.2) is 5.75 Å². The molecule has 0 unspecified atom stereocenters. The highest BCUT2D eigenvalue weighted by atomic mass is 16.3. The van der Waals surface area contributed by atoms with Crippen LogP contribution < -0.4 is 10.9 Å². The maximum Gasteiger partial charge on any atom is 0.292 e. The van der Waals surface area contributed by atoms with Crippen molar-refractivity contribution < 1.29 is 10.2 Å². The second-order valence-corrected chi connectivity index (χ2v) is 5.55. The fourth-order valence-electron chi connectivity index (χ4n) is 2.84. The Morgan fingerprint density at radius 1 is 1.30 bits per heavy atom. The first-order valence-electron chi connectivity index (χ1n) is 7.45. The van der Waals surface area contributed by atoms with E-state index in [2.05, 4.69) is 5.32 Å². The van der Waals surface area contributed by atoms with E-state index in [-0.39, 0.29) is 17.9 Å². The van der Waals surface area contributed by atoms with Gasteiger partial charge in [-0.05, 0) is 24.8 Å². The lowest BCUT2D eigenvalue weighted by Crippen LogP contribution is -2.26. The Bertz CT molecular complexity index is 478. The SMILES string of the molecule is O=c1c(O)c(CNCCO)ccn1CC1CCCCC1. The average Bonchev–Trinajstić information content (AvgIpc) is 2.48. The Hall–Kier alpha value is -1.33. The number of aliphatic hydroxyl groups excluding tert-OH is 1. The Kier molecular flexibility index (Phi) is 5.61. The Morgan fingerprint density at radius 2 is 2.05 bits per heavy atom. The zero-order valence-corrected chi connectivity index (χ0v) is 11.8. The zero-order valence-electron chi connectivity index (χ0n) is 11.8. The standard InChI is InChI=1S/C15H24N2O3/c18-9-7-16-10-13-6-8-17(15(20)14(13)19)11-12-4-2-1-3-5-12/h6,8,12,16,18-19H,1-5,7,9-11H2. The summed E-state index contributed by atoms with van der Waals surface area (Å²) in [6, 6.07) is 1.78. The monoisotopic (exact) mass is 280 g/mol. The van der Waals surface area contributed by atoms with Crippen molar-refractivity contribution in [3.05, 3.63) is 28.2 Å². The molecule has 0 bridgehead atoms. The molecule has 112 valence electrons. The predicted octanol–water partition coefficient (Wildman–Crippen LogP) is 1.22. The van der Waals surface area contributed by atoms with Crippen molar-refractivity contribution in [2.45, 2.75) is 45.2 Å². The molecule has 1 heterocycles. The Labute approximate surface area is 119 Å². The number of pyridine rings is 1. The van der Waals surface area contributed by atoms with Crippen molar-refractivity contribution in [3.8, 4) is 5.75 Å². The van der Waals surface area contributed by atoms with Gasteiger partial charge >= 0.3 is 0 Å². The highest BCUT2D eigenvalue weighted by molar-refractivity contribution is 5.28. The molecule has 2 rings (SSSR count). The number of hydrogen-bond acceptors (Lipinski definition) is 4. The molecule has 1 saturated carbocycles. The zero-order chi connectivity index (χ0) is 14.4. The third-order valence-corrected chi connectivity index (χ3v) is 4.01. The molecule has 0 amide bonds. The molecule has 20 heavy (non-hydrogen) atoms. The summed E-state index contributed by atoms with van der Waals surface area (Å²) in [6.07, 6.45) is 7.90. The molecule has 0 aliphatic heterocycles. The number of aromatic hydroxyl groups is 1. The third kappa shape index (κ3) is 3.84. The first-order chi connectivity index (χ1) is 9.72. The normalized spacial score (nSPS) is 16.4. The molecule has 0 radical (unpaired) electrons. The topological polar surface area (TPSA) is 74.5 Å². The molecule has 0 saturated heterocycles. The minimum absolute atomic E-state index is 0.0412. The summed E-state index contributed by atoms with van der Waals surface area (Å²) in [4.78, 5) is 12.1. The van der Waals surface area contributed by atoms with Crippen LogP contribution in [-0.2, 0) is 13.1 Å². The number of nitrogens with zero attached hydrogens (tertiary/aromatic N) is 1. The van der Waals surface area contributed by atoms with Gasteiger partial charge in [-0.15, -0.1) is 0 Å². The van der Waals surface area contributed by atoms with Gasteiger partial charge in [-0.25, -0.2) is 0 Å². The van der Waals surface area contributed by atoms with Crippen LogP contribution in [0.5, 0.6) is 5.75 Å². The maximum atomic E-state index is 12.1. The van der Waals surface area contributed by atoms with Crippen LogP contribution in [0.3, 0.4) is 0 Å². The number of aliphatic hydroxyl groups is 1. The molecule has 1 fully saturated rings. The van der Waals surface area contributed by atoms with Gasteiger partial charge in [-0.2, -0.15) is 0 Å². The first kappa shape index (κ1) is 15.1. The molecule has 5 nitrogen and oxygen atoms in total. The molecule has 1 aromatic rings. The smallest absolute Gasteiger partial charge is 0.292 e. The van der Waals surface area contributed by atoms with Crippen LogP contribution in [0.1, 0.15) is 37.7 Å². The second-order valence-electron chi connectivity index (χ2n) is 5.55. The van der Waals surface area contributed by atoms with E-state index in [1.807, 2.05) is 0 Å². The van der Waals surface area contributed by atoms with E-state index in [4.69, 9.17) is 5.11 Å². The average molecular weight is 280 g/mol. The van der Waals surface area contributed by atoms with Gasteiger partial charge in [0.2, 0.25) is 0 Å². The Morgan fingerprint density at radius 3 is 2.75 bits per heavy atom. The minimum Gasteiger partial charge on any atom is -0.503 e. The summed E-state index contributed by atoms with van der Waals surface area (Å²) < 4.78 is 1.63. The lowest BCUT2D eigenvalue weighted by atomic mass is 9.89. The summed E-state index contributed by atoms with van der Waals surface area (Å²) in [5.41, 5.74) is 0.280. The number of rotatable bonds is 6. The van der Waals surface area contributed by atoms with Crippen LogP contribution in [0.2, 0.25) is 0 Å². The lowest BCUT2D eigenvalue weighted by Gasteiger charge is -2.22. The van der Waals surface area contributed by atoms with Crippen molar-refractivity contribution in [1.82, 2.24) is 9.88 Å². The highest BCUT2D eigenvalue weighted by Gasteiger charge is 2.16. The van der Waals surface area contributed by atoms with E-state index in [9.17, 15) is 9.90 Å². The first-order valence-corrected chi connectivity index (χ1v) is 7.45. The van der Waals surface area contributed by atoms with E-state index in [0.717, 1.165) is 0 Å². The minimum atomic E-state index is -0.307. The van der Waals surface area contributed by atoms with Crippen LogP contribution in [0, 0.1) is 5.92 Å². The fourth-order valence-corrected chi connectivity index (χ4v) is 2.84. The number of aromatic nitrogens is 1. The summed E-state index contributed by atoms with van der Waals surface area (Å²) in [7, 11) is 0. The quantitative estimate of drug-likeness (QED) is 0.685. The lowest BCUT2D eigenvalue weighted by molar-refractivity contribution is 0.291. The third-order valence-electron chi connectivity index (χ3n) is 4.01. The Balaban J connectivity index is 2.03. The van der Waals surface area contributed by atoms with Crippen molar-refractivity contribution in [1.29, 1.82) is 0 Å². The summed E-state index contributed by atoms with van der Waals surface area (Å²) >= 11 is 0. The molecule has 1 aliphatic carbocycles. The van der Waals surface area contributed by atoms with E-state index >= 15 is 0 Å².